The SMILES string of the molecule is CC1(C)CCC(C(C)(C)CNS(C)(=O)=O)CC1. The Kier molecular flexibility index (Phi) is 4.30. The van der Waals surface area contributed by atoms with E-state index in [-0.39, 0.29) is 5.41 Å². The van der Waals surface area contributed by atoms with Gasteiger partial charge in [-0.05, 0) is 42.4 Å². The van der Waals surface area contributed by atoms with Crippen LogP contribution in [0.3, 0.4) is 0 Å². The van der Waals surface area contributed by atoms with E-state index in [4.69, 9.17) is 0 Å². The summed E-state index contributed by atoms with van der Waals surface area (Å²) in [6, 6.07) is 0. The topological polar surface area (TPSA) is 46.2 Å². The van der Waals surface area contributed by atoms with Gasteiger partial charge >= 0.3 is 0 Å². The molecule has 1 saturated carbocycles. The van der Waals surface area contributed by atoms with Gasteiger partial charge in [-0.1, -0.05) is 27.7 Å². The summed E-state index contributed by atoms with van der Waals surface area (Å²) in [5, 5.41) is 0. The minimum Gasteiger partial charge on any atom is -0.215 e. The van der Waals surface area contributed by atoms with Crippen molar-refractivity contribution in [1.82, 2.24) is 4.72 Å². The second-order valence-corrected chi connectivity index (χ2v) is 8.85. The zero-order chi connectivity index (χ0) is 13.3. The van der Waals surface area contributed by atoms with Gasteiger partial charge in [0.05, 0.1) is 6.26 Å². The Balaban J connectivity index is 2.54. The summed E-state index contributed by atoms with van der Waals surface area (Å²) in [7, 11) is -3.07. The third-order valence-electron chi connectivity index (χ3n) is 4.23. The fourth-order valence-corrected chi connectivity index (χ4v) is 3.28. The second kappa shape index (κ2) is 4.88. The molecule has 0 atom stereocenters. The number of nitrogens with one attached hydrogen (secondary N) is 1. The van der Waals surface area contributed by atoms with E-state index in [9.17, 15) is 8.42 Å². The van der Waals surface area contributed by atoms with Crippen LogP contribution in [0.2, 0.25) is 0 Å². The monoisotopic (exact) mass is 261 g/mol. The highest BCUT2D eigenvalue weighted by molar-refractivity contribution is 7.88. The summed E-state index contributed by atoms with van der Waals surface area (Å²) >= 11 is 0. The average molecular weight is 261 g/mol. The Morgan fingerprint density at radius 1 is 1.24 bits per heavy atom. The molecule has 0 bridgehead atoms. The van der Waals surface area contributed by atoms with Gasteiger partial charge in [-0.3, -0.25) is 0 Å². The quantitative estimate of drug-likeness (QED) is 0.846. The highest BCUT2D eigenvalue weighted by Gasteiger charge is 2.35. The first-order valence-electron chi connectivity index (χ1n) is 6.47. The number of hydrogen-bond donors (Lipinski definition) is 1. The molecule has 0 radical (unpaired) electrons. The Hall–Kier alpha value is -0.0900. The van der Waals surface area contributed by atoms with E-state index in [0.29, 0.717) is 17.9 Å². The van der Waals surface area contributed by atoms with Crippen molar-refractivity contribution in [2.24, 2.45) is 16.7 Å². The van der Waals surface area contributed by atoms with Crippen molar-refractivity contribution in [3.05, 3.63) is 0 Å². The third-order valence-corrected chi connectivity index (χ3v) is 4.90. The lowest BCUT2D eigenvalue weighted by molar-refractivity contribution is 0.102. The highest BCUT2D eigenvalue weighted by Crippen LogP contribution is 2.44. The van der Waals surface area contributed by atoms with E-state index < -0.39 is 10.0 Å². The summed E-state index contributed by atoms with van der Waals surface area (Å²) in [5.41, 5.74) is 0.524. The van der Waals surface area contributed by atoms with Gasteiger partial charge in [-0.2, -0.15) is 0 Å². The van der Waals surface area contributed by atoms with Crippen LogP contribution >= 0.6 is 0 Å². The van der Waals surface area contributed by atoms with Crippen molar-refractivity contribution < 1.29 is 8.42 Å². The fourth-order valence-electron chi connectivity index (χ4n) is 2.64. The standard InChI is InChI=1S/C13H27NO2S/c1-12(2)8-6-11(7-9-12)13(3,4)10-14-17(5,15)16/h11,14H,6-10H2,1-5H3. The van der Waals surface area contributed by atoms with Crippen LogP contribution in [0.5, 0.6) is 0 Å². The molecule has 0 aliphatic heterocycles. The molecular weight excluding hydrogens is 234 g/mol. The minimum atomic E-state index is -3.07. The zero-order valence-electron chi connectivity index (χ0n) is 11.8. The average Bonchev–Trinajstić information content (AvgIpc) is 2.13. The van der Waals surface area contributed by atoms with Crippen molar-refractivity contribution in [2.45, 2.75) is 53.4 Å². The molecule has 1 fully saturated rings. The summed E-state index contributed by atoms with van der Waals surface area (Å²) < 4.78 is 25.0. The first-order valence-corrected chi connectivity index (χ1v) is 8.36. The van der Waals surface area contributed by atoms with Crippen LogP contribution in [0.1, 0.15) is 53.4 Å². The molecule has 0 saturated heterocycles. The van der Waals surface area contributed by atoms with E-state index in [0.717, 1.165) is 0 Å². The molecule has 0 unspecified atom stereocenters. The molecule has 1 rings (SSSR count). The molecule has 17 heavy (non-hydrogen) atoms. The summed E-state index contributed by atoms with van der Waals surface area (Å²) in [6.07, 6.45) is 6.16. The molecule has 0 aromatic carbocycles. The summed E-state index contributed by atoms with van der Waals surface area (Å²) in [6.45, 7) is 9.55. The Morgan fingerprint density at radius 2 is 1.71 bits per heavy atom. The third kappa shape index (κ3) is 4.96. The highest BCUT2D eigenvalue weighted by atomic mass is 32.2. The van der Waals surface area contributed by atoms with Gasteiger partial charge in [-0.15, -0.1) is 0 Å². The van der Waals surface area contributed by atoms with Gasteiger partial charge in [0.2, 0.25) is 10.0 Å². The Labute approximate surface area is 106 Å². The minimum absolute atomic E-state index is 0.0551. The maximum Gasteiger partial charge on any atom is 0.208 e. The number of sulfonamides is 1. The normalized spacial score (nSPS) is 22.6. The van der Waals surface area contributed by atoms with Crippen LogP contribution in [0, 0.1) is 16.7 Å². The summed E-state index contributed by atoms with van der Waals surface area (Å²) in [5.74, 6) is 0.629. The van der Waals surface area contributed by atoms with E-state index in [1.54, 1.807) is 0 Å². The maximum atomic E-state index is 11.2. The number of hydrogen-bond acceptors (Lipinski definition) is 2. The maximum absolute atomic E-state index is 11.2. The van der Waals surface area contributed by atoms with Crippen LogP contribution in [-0.2, 0) is 10.0 Å². The van der Waals surface area contributed by atoms with Crippen molar-refractivity contribution in [3.63, 3.8) is 0 Å². The Bertz CT molecular complexity index is 348. The molecule has 0 heterocycles. The smallest absolute Gasteiger partial charge is 0.208 e. The van der Waals surface area contributed by atoms with Crippen molar-refractivity contribution in [2.75, 3.05) is 12.8 Å². The van der Waals surface area contributed by atoms with Gasteiger partial charge in [0.25, 0.3) is 0 Å². The van der Waals surface area contributed by atoms with Crippen molar-refractivity contribution in [1.29, 1.82) is 0 Å². The lowest BCUT2D eigenvalue weighted by Crippen LogP contribution is -2.40. The molecule has 1 aliphatic carbocycles. The number of rotatable bonds is 4. The molecule has 102 valence electrons. The van der Waals surface area contributed by atoms with Gasteiger partial charge < -0.3 is 0 Å². The van der Waals surface area contributed by atoms with E-state index in [1.165, 1.54) is 31.9 Å². The predicted octanol–water partition coefficient (Wildman–Crippen LogP) is 2.78. The Morgan fingerprint density at radius 3 is 2.12 bits per heavy atom. The van der Waals surface area contributed by atoms with E-state index in [1.807, 2.05) is 0 Å². The van der Waals surface area contributed by atoms with Crippen molar-refractivity contribution >= 4 is 10.0 Å². The van der Waals surface area contributed by atoms with Gasteiger partial charge in [0, 0.05) is 6.54 Å². The molecule has 4 heteroatoms. The van der Waals surface area contributed by atoms with E-state index >= 15 is 0 Å². The molecule has 0 aromatic heterocycles. The van der Waals surface area contributed by atoms with Gasteiger partial charge in [0.1, 0.15) is 0 Å². The molecular formula is C13H27NO2S. The first kappa shape index (κ1) is 15.0. The molecule has 0 aromatic rings. The molecule has 1 aliphatic rings. The van der Waals surface area contributed by atoms with Crippen LogP contribution in [0.25, 0.3) is 0 Å². The predicted molar refractivity (Wildman–Crippen MR) is 72.4 cm³/mol. The largest absolute Gasteiger partial charge is 0.215 e. The van der Waals surface area contributed by atoms with Gasteiger partial charge in [-0.25, -0.2) is 13.1 Å². The molecule has 1 N–H and O–H groups in total. The van der Waals surface area contributed by atoms with Crippen LogP contribution < -0.4 is 4.72 Å². The first-order chi connectivity index (χ1) is 7.52. The second-order valence-electron chi connectivity index (χ2n) is 7.02. The molecule has 0 amide bonds. The van der Waals surface area contributed by atoms with E-state index in [2.05, 4.69) is 32.4 Å². The molecule has 0 spiro atoms. The van der Waals surface area contributed by atoms with Gasteiger partial charge in [0.15, 0.2) is 0 Å². The van der Waals surface area contributed by atoms with Crippen LogP contribution in [0.4, 0.5) is 0 Å². The lowest BCUT2D eigenvalue weighted by Gasteiger charge is -2.42. The summed E-state index contributed by atoms with van der Waals surface area (Å²) in [4.78, 5) is 0. The van der Waals surface area contributed by atoms with Crippen LogP contribution in [-0.4, -0.2) is 21.2 Å². The zero-order valence-corrected chi connectivity index (χ0v) is 12.7. The fraction of sp³-hybridized carbons (Fsp3) is 1.00. The lowest BCUT2D eigenvalue weighted by atomic mass is 9.65. The molecule has 3 nitrogen and oxygen atoms in total. The van der Waals surface area contributed by atoms with Crippen molar-refractivity contribution in [3.8, 4) is 0 Å². The van der Waals surface area contributed by atoms with Crippen LogP contribution in [0.15, 0.2) is 0 Å².